The van der Waals surface area contributed by atoms with Crippen molar-refractivity contribution >= 4 is 18.4 Å². The van der Waals surface area contributed by atoms with Gasteiger partial charge in [-0.25, -0.2) is 4.79 Å². The number of carbonyl (C=O) groups excluding carboxylic acids is 1. The summed E-state index contributed by atoms with van der Waals surface area (Å²) < 4.78 is 5.30. The molecule has 0 N–H and O–H groups in total. The van der Waals surface area contributed by atoms with Gasteiger partial charge in [0.2, 0.25) is 0 Å². The van der Waals surface area contributed by atoms with Crippen LogP contribution in [0.3, 0.4) is 0 Å². The summed E-state index contributed by atoms with van der Waals surface area (Å²) in [5.74, 6) is -0.261. The average Bonchev–Trinajstić information content (AvgIpc) is 2.49. The Morgan fingerprint density at radius 1 is 1.05 bits per heavy atom. The van der Waals surface area contributed by atoms with E-state index in [0.717, 1.165) is 12.1 Å². The highest BCUT2D eigenvalue weighted by atomic mass is 35.5. The molecule has 0 atom stereocenters. The first kappa shape index (κ1) is 18.2. The molecule has 0 fully saturated rings. The molecular formula is C18H22ClNO2. The van der Waals surface area contributed by atoms with Crippen LogP contribution in [0.25, 0.3) is 0 Å². The highest BCUT2D eigenvalue weighted by molar-refractivity contribution is 5.89. The number of carbonyl (C=O) groups is 1. The number of ether oxygens (including phenoxy) is 1. The van der Waals surface area contributed by atoms with Crippen LogP contribution < -0.4 is 0 Å². The SMILES string of the molecule is Cc1ccc(C(=O)OCCN(C)Cc2ccccc2)cc1.Cl. The molecule has 22 heavy (non-hydrogen) atoms. The smallest absolute Gasteiger partial charge is 0.338 e. The molecule has 2 aromatic carbocycles. The van der Waals surface area contributed by atoms with Gasteiger partial charge in [-0.2, -0.15) is 0 Å². The molecule has 118 valence electrons. The van der Waals surface area contributed by atoms with Gasteiger partial charge in [-0.05, 0) is 31.7 Å². The number of hydrogen-bond donors (Lipinski definition) is 0. The molecule has 3 nitrogen and oxygen atoms in total. The van der Waals surface area contributed by atoms with E-state index < -0.39 is 0 Å². The molecule has 0 radical (unpaired) electrons. The van der Waals surface area contributed by atoms with Crippen molar-refractivity contribution in [3.8, 4) is 0 Å². The standard InChI is InChI=1S/C18H21NO2.ClH/c1-15-8-10-17(11-9-15)18(20)21-13-12-19(2)14-16-6-4-3-5-7-16;/h3-11H,12-14H2,1-2H3;1H. The van der Waals surface area contributed by atoms with Crippen LogP contribution in [0.1, 0.15) is 21.5 Å². The summed E-state index contributed by atoms with van der Waals surface area (Å²) in [6.07, 6.45) is 0. The third kappa shape index (κ3) is 5.88. The summed E-state index contributed by atoms with van der Waals surface area (Å²) in [4.78, 5) is 14.0. The fraction of sp³-hybridized carbons (Fsp3) is 0.278. The van der Waals surface area contributed by atoms with Crippen molar-refractivity contribution in [3.63, 3.8) is 0 Å². The van der Waals surface area contributed by atoms with E-state index in [-0.39, 0.29) is 18.4 Å². The molecule has 0 aliphatic heterocycles. The maximum absolute atomic E-state index is 11.9. The zero-order chi connectivity index (χ0) is 15.1. The maximum Gasteiger partial charge on any atom is 0.338 e. The quantitative estimate of drug-likeness (QED) is 0.760. The molecule has 0 saturated heterocycles. The Labute approximate surface area is 138 Å². The predicted molar refractivity (Wildman–Crippen MR) is 91.5 cm³/mol. The van der Waals surface area contributed by atoms with Gasteiger partial charge in [-0.3, -0.25) is 4.90 Å². The second-order valence-electron chi connectivity index (χ2n) is 5.23. The van der Waals surface area contributed by atoms with Crippen molar-refractivity contribution in [1.29, 1.82) is 0 Å². The number of benzene rings is 2. The molecule has 0 saturated carbocycles. The number of nitrogens with zero attached hydrogens (tertiary/aromatic N) is 1. The van der Waals surface area contributed by atoms with E-state index in [9.17, 15) is 4.79 Å². The molecule has 4 heteroatoms. The van der Waals surface area contributed by atoms with Gasteiger partial charge in [-0.15, -0.1) is 12.4 Å². The lowest BCUT2D eigenvalue weighted by atomic mass is 10.1. The van der Waals surface area contributed by atoms with E-state index in [4.69, 9.17) is 4.74 Å². The van der Waals surface area contributed by atoms with Crippen molar-refractivity contribution in [2.45, 2.75) is 13.5 Å². The van der Waals surface area contributed by atoms with Crippen LogP contribution in [-0.2, 0) is 11.3 Å². The minimum absolute atomic E-state index is 0. The van der Waals surface area contributed by atoms with E-state index in [2.05, 4.69) is 17.0 Å². The number of likely N-dealkylation sites (N-methyl/N-ethyl adjacent to an activating group) is 1. The van der Waals surface area contributed by atoms with Crippen molar-refractivity contribution in [1.82, 2.24) is 4.90 Å². The van der Waals surface area contributed by atoms with Crippen LogP contribution in [0, 0.1) is 6.92 Å². The molecular weight excluding hydrogens is 298 g/mol. The first-order valence-electron chi connectivity index (χ1n) is 7.11. The van der Waals surface area contributed by atoms with Gasteiger partial charge in [-0.1, -0.05) is 48.0 Å². The Morgan fingerprint density at radius 2 is 1.68 bits per heavy atom. The number of esters is 1. The number of hydrogen-bond acceptors (Lipinski definition) is 3. The summed E-state index contributed by atoms with van der Waals surface area (Å²) in [5.41, 5.74) is 2.99. The van der Waals surface area contributed by atoms with E-state index in [1.165, 1.54) is 5.56 Å². The summed E-state index contributed by atoms with van der Waals surface area (Å²) in [7, 11) is 2.02. The monoisotopic (exact) mass is 319 g/mol. The lowest BCUT2D eigenvalue weighted by molar-refractivity contribution is 0.0470. The predicted octanol–water partition coefficient (Wildman–Crippen LogP) is 3.71. The Kier molecular flexibility index (Phi) is 7.64. The Morgan fingerprint density at radius 3 is 2.32 bits per heavy atom. The van der Waals surface area contributed by atoms with E-state index in [1.807, 2.05) is 44.3 Å². The normalized spacial score (nSPS) is 10.1. The molecule has 0 heterocycles. The fourth-order valence-corrected chi connectivity index (χ4v) is 2.04. The fourth-order valence-electron chi connectivity index (χ4n) is 2.04. The molecule has 0 bridgehead atoms. The first-order chi connectivity index (χ1) is 10.1. The Hall–Kier alpha value is -1.84. The van der Waals surface area contributed by atoms with Gasteiger partial charge in [0.1, 0.15) is 6.61 Å². The largest absolute Gasteiger partial charge is 0.461 e. The minimum Gasteiger partial charge on any atom is -0.461 e. The van der Waals surface area contributed by atoms with E-state index in [0.29, 0.717) is 18.7 Å². The molecule has 2 aromatic rings. The van der Waals surface area contributed by atoms with E-state index in [1.54, 1.807) is 12.1 Å². The van der Waals surface area contributed by atoms with E-state index >= 15 is 0 Å². The average molecular weight is 320 g/mol. The maximum atomic E-state index is 11.9. The van der Waals surface area contributed by atoms with Gasteiger partial charge in [0, 0.05) is 13.1 Å². The van der Waals surface area contributed by atoms with Crippen molar-refractivity contribution in [2.24, 2.45) is 0 Å². The molecule has 0 aromatic heterocycles. The zero-order valence-corrected chi connectivity index (χ0v) is 13.8. The van der Waals surface area contributed by atoms with Gasteiger partial charge in [0.25, 0.3) is 0 Å². The molecule has 0 unspecified atom stereocenters. The molecule has 0 aliphatic rings. The van der Waals surface area contributed by atoms with Crippen LogP contribution >= 0.6 is 12.4 Å². The van der Waals surface area contributed by atoms with Crippen molar-refractivity contribution in [3.05, 3.63) is 71.3 Å². The Balaban J connectivity index is 0.00000242. The lowest BCUT2D eigenvalue weighted by Crippen LogP contribution is -2.24. The van der Waals surface area contributed by atoms with Crippen LogP contribution in [0.5, 0.6) is 0 Å². The summed E-state index contributed by atoms with van der Waals surface area (Å²) in [6.45, 7) is 3.96. The third-order valence-corrected chi connectivity index (χ3v) is 3.29. The number of halogens is 1. The molecule has 2 rings (SSSR count). The topological polar surface area (TPSA) is 29.5 Å². The van der Waals surface area contributed by atoms with Gasteiger partial charge < -0.3 is 4.74 Å². The number of aryl methyl sites for hydroxylation is 1. The summed E-state index contributed by atoms with van der Waals surface area (Å²) >= 11 is 0. The van der Waals surface area contributed by atoms with Crippen LogP contribution in [0.4, 0.5) is 0 Å². The van der Waals surface area contributed by atoms with Crippen LogP contribution in [0.2, 0.25) is 0 Å². The first-order valence-corrected chi connectivity index (χ1v) is 7.11. The van der Waals surface area contributed by atoms with Gasteiger partial charge in [0.05, 0.1) is 5.56 Å². The second kappa shape index (κ2) is 9.23. The molecule has 0 spiro atoms. The van der Waals surface area contributed by atoms with Gasteiger partial charge >= 0.3 is 5.97 Å². The lowest BCUT2D eigenvalue weighted by Gasteiger charge is -2.16. The van der Waals surface area contributed by atoms with Crippen LogP contribution in [0.15, 0.2) is 54.6 Å². The molecule has 0 aliphatic carbocycles. The third-order valence-electron chi connectivity index (χ3n) is 3.29. The second-order valence-corrected chi connectivity index (χ2v) is 5.23. The Bertz CT molecular complexity index is 569. The zero-order valence-electron chi connectivity index (χ0n) is 13.0. The van der Waals surface area contributed by atoms with Gasteiger partial charge in [0.15, 0.2) is 0 Å². The van der Waals surface area contributed by atoms with Crippen molar-refractivity contribution in [2.75, 3.05) is 20.2 Å². The van der Waals surface area contributed by atoms with Crippen LogP contribution in [-0.4, -0.2) is 31.1 Å². The highest BCUT2D eigenvalue weighted by Crippen LogP contribution is 2.05. The summed E-state index contributed by atoms with van der Waals surface area (Å²) in [5, 5.41) is 0. The minimum atomic E-state index is -0.261. The number of rotatable bonds is 6. The molecule has 0 amide bonds. The van der Waals surface area contributed by atoms with Crippen molar-refractivity contribution < 1.29 is 9.53 Å². The highest BCUT2D eigenvalue weighted by Gasteiger charge is 2.07. The summed E-state index contributed by atoms with van der Waals surface area (Å²) in [6, 6.07) is 17.7.